The van der Waals surface area contributed by atoms with Crippen molar-refractivity contribution in [3.63, 3.8) is 0 Å². The van der Waals surface area contributed by atoms with E-state index in [1.807, 2.05) is 38.1 Å². The van der Waals surface area contributed by atoms with E-state index >= 15 is 0 Å². The van der Waals surface area contributed by atoms with E-state index in [1.165, 1.54) is 4.90 Å². The fourth-order valence-corrected chi connectivity index (χ4v) is 3.41. The maximum atomic E-state index is 13.2. The van der Waals surface area contributed by atoms with Crippen molar-refractivity contribution in [2.24, 2.45) is 0 Å². The first-order valence-corrected chi connectivity index (χ1v) is 11.2. The third kappa shape index (κ3) is 7.16. The zero-order valence-corrected chi connectivity index (χ0v) is 20.3. The van der Waals surface area contributed by atoms with Gasteiger partial charge in [0.05, 0.1) is 7.11 Å². The number of amides is 2. The second kappa shape index (κ2) is 12.3. The van der Waals surface area contributed by atoms with Crippen LogP contribution in [0.15, 0.2) is 36.4 Å². The Bertz CT molecular complexity index is 909. The highest BCUT2D eigenvalue weighted by molar-refractivity contribution is 6.32. The van der Waals surface area contributed by atoms with Crippen LogP contribution in [0.5, 0.6) is 11.5 Å². The molecule has 0 aliphatic rings. The van der Waals surface area contributed by atoms with Crippen LogP contribution in [0, 0.1) is 13.8 Å². The van der Waals surface area contributed by atoms with Crippen molar-refractivity contribution < 1.29 is 19.1 Å². The Balaban J connectivity index is 2.17. The van der Waals surface area contributed by atoms with Crippen LogP contribution in [0.1, 0.15) is 43.4 Å². The number of carbonyl (C=O) groups is 2. The van der Waals surface area contributed by atoms with Crippen molar-refractivity contribution in [1.82, 2.24) is 10.2 Å². The Labute approximate surface area is 195 Å². The first-order valence-electron chi connectivity index (χ1n) is 10.9. The lowest BCUT2D eigenvalue weighted by molar-refractivity contribution is -0.142. The zero-order chi connectivity index (χ0) is 23.7. The lowest BCUT2D eigenvalue weighted by Gasteiger charge is -2.29. The minimum atomic E-state index is -0.650. The molecule has 0 fully saturated rings. The Morgan fingerprint density at radius 3 is 2.44 bits per heavy atom. The number of hydrogen-bond acceptors (Lipinski definition) is 4. The molecule has 2 amide bonds. The molecule has 174 valence electrons. The number of methoxy groups -OCH3 is 1. The van der Waals surface area contributed by atoms with Crippen LogP contribution >= 0.6 is 11.6 Å². The van der Waals surface area contributed by atoms with Gasteiger partial charge < -0.3 is 19.7 Å². The summed E-state index contributed by atoms with van der Waals surface area (Å²) in [6.45, 7) is 8.24. The number of halogens is 1. The van der Waals surface area contributed by atoms with E-state index in [4.69, 9.17) is 21.1 Å². The van der Waals surface area contributed by atoms with E-state index in [0.717, 1.165) is 29.5 Å². The van der Waals surface area contributed by atoms with Gasteiger partial charge in [0.2, 0.25) is 5.91 Å². The Hall–Kier alpha value is -2.73. The molecule has 1 atom stereocenters. The minimum Gasteiger partial charge on any atom is -0.497 e. The number of aryl methyl sites for hydroxylation is 2. The number of rotatable bonds is 11. The summed E-state index contributed by atoms with van der Waals surface area (Å²) < 4.78 is 11.1. The number of benzene rings is 2. The molecule has 1 unspecified atom stereocenters. The van der Waals surface area contributed by atoms with Gasteiger partial charge in [-0.15, -0.1) is 0 Å². The molecule has 0 aliphatic carbocycles. The second-order valence-corrected chi connectivity index (χ2v) is 8.23. The Morgan fingerprint density at radius 2 is 1.81 bits per heavy atom. The Morgan fingerprint density at radius 1 is 1.12 bits per heavy atom. The average molecular weight is 461 g/mol. The van der Waals surface area contributed by atoms with Crippen molar-refractivity contribution in [2.45, 2.75) is 53.1 Å². The van der Waals surface area contributed by atoms with Crippen LogP contribution < -0.4 is 14.8 Å². The third-order valence-corrected chi connectivity index (χ3v) is 5.85. The Kier molecular flexibility index (Phi) is 9.85. The molecule has 0 saturated carbocycles. The number of carbonyl (C=O) groups excluding carboxylic acids is 2. The van der Waals surface area contributed by atoms with E-state index in [0.29, 0.717) is 23.1 Å². The van der Waals surface area contributed by atoms with Crippen molar-refractivity contribution >= 4 is 23.4 Å². The van der Waals surface area contributed by atoms with Crippen molar-refractivity contribution in [3.8, 4) is 11.5 Å². The van der Waals surface area contributed by atoms with Gasteiger partial charge in [0.25, 0.3) is 5.91 Å². The van der Waals surface area contributed by atoms with Crippen LogP contribution in [0.2, 0.25) is 5.02 Å². The van der Waals surface area contributed by atoms with Crippen LogP contribution in [-0.4, -0.2) is 43.0 Å². The minimum absolute atomic E-state index is 0.183. The SMILES string of the molecule is CCCCNC(=O)C(C)N(Cc1cccc(OC)c1)C(=O)COc1cc(C)c(Cl)c(C)c1. The fraction of sp³-hybridized carbons (Fsp3) is 0.440. The van der Waals surface area contributed by atoms with Gasteiger partial charge in [-0.2, -0.15) is 0 Å². The van der Waals surface area contributed by atoms with Gasteiger partial charge in [0.15, 0.2) is 6.61 Å². The molecule has 1 N–H and O–H groups in total. The van der Waals surface area contributed by atoms with E-state index < -0.39 is 6.04 Å². The van der Waals surface area contributed by atoms with Crippen molar-refractivity contribution in [1.29, 1.82) is 0 Å². The molecule has 0 aromatic heterocycles. The standard InChI is InChI=1S/C25H33ClN2O4/c1-6-7-11-27-25(30)19(4)28(15-20-9-8-10-21(14-20)31-5)23(29)16-32-22-12-17(2)24(26)18(3)13-22/h8-10,12-14,19H,6-7,11,15-16H2,1-5H3,(H,27,30). The van der Waals surface area contributed by atoms with Crippen molar-refractivity contribution in [2.75, 3.05) is 20.3 Å². The second-order valence-electron chi connectivity index (χ2n) is 7.85. The number of nitrogens with one attached hydrogen (secondary N) is 1. The predicted molar refractivity (Wildman–Crippen MR) is 127 cm³/mol. The van der Waals surface area contributed by atoms with E-state index in [9.17, 15) is 9.59 Å². The fourth-order valence-electron chi connectivity index (χ4n) is 3.30. The number of ether oxygens (including phenoxy) is 2. The first kappa shape index (κ1) is 25.5. The molecule has 2 aromatic rings. The molecule has 7 heteroatoms. The average Bonchev–Trinajstić information content (AvgIpc) is 2.79. The maximum absolute atomic E-state index is 13.2. The molecular weight excluding hydrogens is 428 g/mol. The van der Waals surface area contributed by atoms with Gasteiger partial charge in [0.1, 0.15) is 17.5 Å². The molecule has 32 heavy (non-hydrogen) atoms. The summed E-state index contributed by atoms with van der Waals surface area (Å²) in [6.07, 6.45) is 1.87. The van der Waals surface area contributed by atoms with Gasteiger partial charge in [-0.05, 0) is 68.1 Å². The number of nitrogens with zero attached hydrogens (tertiary/aromatic N) is 1. The molecule has 0 spiro atoms. The molecule has 0 radical (unpaired) electrons. The van der Waals surface area contributed by atoms with Gasteiger partial charge in [-0.3, -0.25) is 9.59 Å². The highest BCUT2D eigenvalue weighted by Gasteiger charge is 2.26. The van der Waals surface area contributed by atoms with E-state index in [-0.39, 0.29) is 25.0 Å². The van der Waals surface area contributed by atoms with Gasteiger partial charge in [-0.25, -0.2) is 0 Å². The van der Waals surface area contributed by atoms with Crippen molar-refractivity contribution in [3.05, 3.63) is 58.1 Å². The lowest BCUT2D eigenvalue weighted by atomic mass is 10.1. The van der Waals surface area contributed by atoms with Gasteiger partial charge in [-0.1, -0.05) is 37.1 Å². The quantitative estimate of drug-likeness (QED) is 0.494. The first-order chi connectivity index (χ1) is 15.3. The normalized spacial score (nSPS) is 11.6. The zero-order valence-electron chi connectivity index (χ0n) is 19.5. The van der Waals surface area contributed by atoms with Gasteiger partial charge in [0, 0.05) is 18.1 Å². The summed E-state index contributed by atoms with van der Waals surface area (Å²) in [5.74, 6) is 0.793. The largest absolute Gasteiger partial charge is 0.497 e. The highest BCUT2D eigenvalue weighted by atomic mass is 35.5. The van der Waals surface area contributed by atoms with Crippen LogP contribution in [0.25, 0.3) is 0 Å². The molecule has 0 bridgehead atoms. The summed E-state index contributed by atoms with van der Waals surface area (Å²) in [4.78, 5) is 27.4. The van der Waals surface area contributed by atoms with E-state index in [2.05, 4.69) is 12.2 Å². The van der Waals surface area contributed by atoms with Crippen LogP contribution in [0.3, 0.4) is 0 Å². The van der Waals surface area contributed by atoms with Crippen LogP contribution in [0.4, 0.5) is 0 Å². The summed E-state index contributed by atoms with van der Waals surface area (Å²) in [5, 5.41) is 3.59. The molecular formula is C25H33ClN2O4. The smallest absolute Gasteiger partial charge is 0.261 e. The maximum Gasteiger partial charge on any atom is 0.261 e. The summed E-state index contributed by atoms with van der Waals surface area (Å²) in [6, 6.07) is 10.4. The monoisotopic (exact) mass is 460 g/mol. The summed E-state index contributed by atoms with van der Waals surface area (Å²) >= 11 is 6.22. The topological polar surface area (TPSA) is 67.9 Å². The summed E-state index contributed by atoms with van der Waals surface area (Å²) in [5.41, 5.74) is 2.63. The van der Waals surface area contributed by atoms with E-state index in [1.54, 1.807) is 26.2 Å². The highest BCUT2D eigenvalue weighted by Crippen LogP contribution is 2.26. The molecule has 0 heterocycles. The predicted octanol–water partition coefficient (Wildman–Crippen LogP) is 4.68. The summed E-state index contributed by atoms with van der Waals surface area (Å²) in [7, 11) is 1.59. The number of unbranched alkanes of at least 4 members (excludes halogenated alkanes) is 1. The van der Waals surface area contributed by atoms with Crippen LogP contribution in [-0.2, 0) is 16.1 Å². The number of hydrogen-bond donors (Lipinski definition) is 1. The third-order valence-electron chi connectivity index (χ3n) is 5.26. The molecule has 6 nitrogen and oxygen atoms in total. The lowest BCUT2D eigenvalue weighted by Crippen LogP contribution is -2.49. The molecule has 2 aromatic carbocycles. The van der Waals surface area contributed by atoms with Gasteiger partial charge >= 0.3 is 0 Å². The molecule has 2 rings (SSSR count). The molecule has 0 saturated heterocycles. The molecule has 0 aliphatic heterocycles.